The third kappa shape index (κ3) is 3.97. The van der Waals surface area contributed by atoms with Crippen LogP contribution in [-0.4, -0.2) is 45.6 Å². The number of nitrogens with zero attached hydrogens (tertiary/aromatic N) is 4. The zero-order valence-corrected chi connectivity index (χ0v) is 14.1. The van der Waals surface area contributed by atoms with Crippen LogP contribution in [-0.2, 0) is 22.4 Å². The summed E-state index contributed by atoms with van der Waals surface area (Å²) in [7, 11) is 0. The Kier molecular flexibility index (Phi) is 5.20. The van der Waals surface area contributed by atoms with Gasteiger partial charge in [0.15, 0.2) is 5.82 Å². The van der Waals surface area contributed by atoms with E-state index in [4.69, 9.17) is 9.26 Å². The maximum absolute atomic E-state index is 12.5. The molecule has 1 amide bonds. The van der Waals surface area contributed by atoms with E-state index < -0.39 is 0 Å². The lowest BCUT2D eigenvalue weighted by atomic mass is 10.1. The van der Waals surface area contributed by atoms with Crippen LogP contribution in [0.1, 0.15) is 42.4 Å². The van der Waals surface area contributed by atoms with E-state index in [1.165, 1.54) is 0 Å². The summed E-state index contributed by atoms with van der Waals surface area (Å²) in [4.78, 5) is 22.7. The Bertz CT molecular complexity index is 701. The van der Waals surface area contributed by atoms with E-state index in [9.17, 15) is 4.79 Å². The number of aryl methyl sites for hydroxylation is 3. The normalized spacial score (nSPS) is 17.9. The fraction of sp³-hybridized carbons (Fsp3) is 0.529. The second kappa shape index (κ2) is 7.53. The summed E-state index contributed by atoms with van der Waals surface area (Å²) in [6.07, 6.45) is 3.25. The quantitative estimate of drug-likeness (QED) is 0.832. The first-order chi connectivity index (χ1) is 11.7. The minimum atomic E-state index is -0.0977. The fourth-order valence-electron chi connectivity index (χ4n) is 2.75. The van der Waals surface area contributed by atoms with Crippen molar-refractivity contribution in [1.82, 2.24) is 20.0 Å². The van der Waals surface area contributed by atoms with E-state index in [0.29, 0.717) is 44.3 Å². The highest BCUT2D eigenvalue weighted by atomic mass is 16.5. The lowest BCUT2D eigenvalue weighted by Crippen LogP contribution is -2.42. The lowest BCUT2D eigenvalue weighted by molar-refractivity contribution is -0.139. The third-order valence-corrected chi connectivity index (χ3v) is 4.09. The highest BCUT2D eigenvalue weighted by Crippen LogP contribution is 2.23. The molecule has 3 rings (SSSR count). The lowest BCUT2D eigenvalue weighted by Gasteiger charge is -2.33. The van der Waals surface area contributed by atoms with Gasteiger partial charge < -0.3 is 14.2 Å². The molecule has 1 fully saturated rings. The molecule has 3 heterocycles. The molecule has 0 saturated carbocycles. The van der Waals surface area contributed by atoms with Crippen LogP contribution >= 0.6 is 0 Å². The standard InChI is InChI=1S/C17H22N4O3/c1-3-15-19-16(24-20-15)4-5-17(22)21-8-9-23-14(11-21)13-6-7-18-12(2)10-13/h6-7,10,14H,3-5,8-9,11H2,1-2H3/t14-/m0/s1. The van der Waals surface area contributed by atoms with Gasteiger partial charge >= 0.3 is 0 Å². The highest BCUT2D eigenvalue weighted by molar-refractivity contribution is 5.76. The smallest absolute Gasteiger partial charge is 0.227 e. The van der Waals surface area contributed by atoms with E-state index in [-0.39, 0.29) is 12.0 Å². The molecule has 24 heavy (non-hydrogen) atoms. The largest absolute Gasteiger partial charge is 0.370 e. The number of ether oxygens (including phenoxy) is 1. The van der Waals surface area contributed by atoms with Gasteiger partial charge in [0.05, 0.1) is 13.2 Å². The fourth-order valence-corrected chi connectivity index (χ4v) is 2.75. The van der Waals surface area contributed by atoms with Crippen molar-refractivity contribution in [3.63, 3.8) is 0 Å². The topological polar surface area (TPSA) is 81.4 Å². The molecule has 1 aliphatic rings. The second-order valence-corrected chi connectivity index (χ2v) is 5.89. The van der Waals surface area contributed by atoms with E-state index in [1.54, 1.807) is 6.20 Å². The van der Waals surface area contributed by atoms with Crippen molar-refractivity contribution in [3.05, 3.63) is 41.3 Å². The number of pyridine rings is 1. The number of carbonyl (C=O) groups excluding carboxylic acids is 1. The molecule has 0 N–H and O–H groups in total. The van der Waals surface area contributed by atoms with Crippen LogP contribution in [0.5, 0.6) is 0 Å². The Morgan fingerprint density at radius 3 is 3.08 bits per heavy atom. The average Bonchev–Trinajstić information content (AvgIpc) is 3.08. The Morgan fingerprint density at radius 1 is 1.46 bits per heavy atom. The van der Waals surface area contributed by atoms with Crippen molar-refractivity contribution in [1.29, 1.82) is 0 Å². The Balaban J connectivity index is 1.56. The first-order valence-electron chi connectivity index (χ1n) is 8.29. The zero-order chi connectivity index (χ0) is 16.9. The van der Waals surface area contributed by atoms with Gasteiger partial charge in [-0.2, -0.15) is 4.98 Å². The summed E-state index contributed by atoms with van der Waals surface area (Å²) in [6.45, 7) is 5.63. The van der Waals surface area contributed by atoms with Gasteiger partial charge in [0.2, 0.25) is 11.8 Å². The number of amides is 1. The Hall–Kier alpha value is -2.28. The van der Waals surface area contributed by atoms with Gasteiger partial charge in [-0.3, -0.25) is 9.78 Å². The maximum atomic E-state index is 12.5. The highest BCUT2D eigenvalue weighted by Gasteiger charge is 2.25. The molecule has 0 spiro atoms. The van der Waals surface area contributed by atoms with Gasteiger partial charge in [0.1, 0.15) is 6.10 Å². The van der Waals surface area contributed by atoms with Crippen molar-refractivity contribution in [2.24, 2.45) is 0 Å². The van der Waals surface area contributed by atoms with Gasteiger partial charge in [-0.25, -0.2) is 0 Å². The molecule has 0 radical (unpaired) electrons. The average molecular weight is 330 g/mol. The van der Waals surface area contributed by atoms with Crippen LogP contribution in [0.25, 0.3) is 0 Å². The Labute approximate surface area is 141 Å². The van der Waals surface area contributed by atoms with Gasteiger partial charge in [-0.05, 0) is 24.6 Å². The number of hydrogen-bond acceptors (Lipinski definition) is 6. The molecular weight excluding hydrogens is 308 g/mol. The SMILES string of the molecule is CCc1noc(CCC(=O)N2CCO[C@H](c3ccnc(C)c3)C2)n1. The molecule has 0 aromatic carbocycles. The summed E-state index contributed by atoms with van der Waals surface area (Å²) in [5.74, 6) is 1.29. The number of aromatic nitrogens is 3. The van der Waals surface area contributed by atoms with Crippen LogP contribution in [0.15, 0.2) is 22.9 Å². The van der Waals surface area contributed by atoms with Crippen molar-refractivity contribution in [2.75, 3.05) is 19.7 Å². The predicted octanol–water partition coefficient (Wildman–Crippen LogP) is 1.87. The maximum Gasteiger partial charge on any atom is 0.227 e. The van der Waals surface area contributed by atoms with E-state index >= 15 is 0 Å². The van der Waals surface area contributed by atoms with Crippen LogP contribution < -0.4 is 0 Å². The minimum absolute atomic E-state index is 0.0883. The van der Waals surface area contributed by atoms with Crippen molar-refractivity contribution in [2.45, 2.75) is 39.2 Å². The van der Waals surface area contributed by atoms with Crippen molar-refractivity contribution in [3.8, 4) is 0 Å². The van der Waals surface area contributed by atoms with Crippen molar-refractivity contribution < 1.29 is 14.1 Å². The molecule has 0 bridgehead atoms. The van der Waals surface area contributed by atoms with Crippen LogP contribution in [0, 0.1) is 6.92 Å². The van der Waals surface area contributed by atoms with Gasteiger partial charge in [-0.15, -0.1) is 0 Å². The summed E-state index contributed by atoms with van der Waals surface area (Å²) in [6, 6.07) is 3.94. The molecule has 0 aliphatic carbocycles. The number of rotatable bonds is 5. The number of carbonyl (C=O) groups is 1. The molecule has 0 unspecified atom stereocenters. The van der Waals surface area contributed by atoms with E-state index in [0.717, 1.165) is 17.7 Å². The number of morpholine rings is 1. The van der Waals surface area contributed by atoms with Crippen LogP contribution in [0.2, 0.25) is 0 Å². The molecule has 2 aromatic heterocycles. The molecule has 7 heteroatoms. The summed E-state index contributed by atoms with van der Waals surface area (Å²) in [5.41, 5.74) is 2.01. The van der Waals surface area contributed by atoms with Gasteiger partial charge in [0.25, 0.3) is 0 Å². The first kappa shape index (κ1) is 16.6. The molecule has 1 atom stereocenters. The van der Waals surface area contributed by atoms with Crippen molar-refractivity contribution >= 4 is 5.91 Å². The zero-order valence-electron chi connectivity index (χ0n) is 14.1. The van der Waals surface area contributed by atoms with Crippen LogP contribution in [0.4, 0.5) is 0 Å². The molecule has 2 aromatic rings. The molecule has 7 nitrogen and oxygen atoms in total. The number of hydrogen-bond donors (Lipinski definition) is 0. The molecule has 128 valence electrons. The Morgan fingerprint density at radius 2 is 2.33 bits per heavy atom. The van der Waals surface area contributed by atoms with Gasteiger partial charge in [0, 0.05) is 37.7 Å². The minimum Gasteiger partial charge on any atom is -0.370 e. The third-order valence-electron chi connectivity index (χ3n) is 4.09. The monoisotopic (exact) mass is 330 g/mol. The first-order valence-corrected chi connectivity index (χ1v) is 8.29. The van der Waals surface area contributed by atoms with E-state index in [1.807, 2.05) is 30.9 Å². The summed E-state index contributed by atoms with van der Waals surface area (Å²) < 4.78 is 11.0. The van der Waals surface area contributed by atoms with Crippen LogP contribution in [0.3, 0.4) is 0 Å². The molecule has 1 aliphatic heterocycles. The molecular formula is C17H22N4O3. The molecule has 1 saturated heterocycles. The summed E-state index contributed by atoms with van der Waals surface area (Å²) in [5, 5.41) is 3.85. The predicted molar refractivity (Wildman–Crippen MR) is 86.2 cm³/mol. The van der Waals surface area contributed by atoms with E-state index in [2.05, 4.69) is 15.1 Å². The van der Waals surface area contributed by atoms with Gasteiger partial charge in [-0.1, -0.05) is 12.1 Å². The second-order valence-electron chi connectivity index (χ2n) is 5.89. The summed E-state index contributed by atoms with van der Waals surface area (Å²) >= 11 is 0.